The molecule has 1 N–H and O–H groups in total. The molecule has 0 unspecified atom stereocenters. The van der Waals surface area contributed by atoms with Crippen molar-refractivity contribution in [1.82, 2.24) is 0 Å². The smallest absolute Gasteiger partial charge is 0.276 e. The highest BCUT2D eigenvalue weighted by molar-refractivity contribution is 6.76. The molecule has 0 spiro atoms. The van der Waals surface area contributed by atoms with Gasteiger partial charge in [-0.05, 0) is 37.3 Å². The normalized spacial score (nSPS) is 13.6. The van der Waals surface area contributed by atoms with Crippen molar-refractivity contribution in [3.63, 3.8) is 0 Å². The molecule has 0 aliphatic carbocycles. The van der Waals surface area contributed by atoms with Crippen LogP contribution in [0.2, 0.25) is 0 Å². The van der Waals surface area contributed by atoms with Gasteiger partial charge in [0.25, 0.3) is 15.6 Å². The molecule has 148 valence electrons. The van der Waals surface area contributed by atoms with E-state index in [1.54, 1.807) is 18.2 Å². The Hall–Kier alpha value is -2.15. The number of nitrogens with one attached hydrogen (secondary N) is 1. The lowest BCUT2D eigenvalue weighted by Crippen LogP contribution is -2.41. The van der Waals surface area contributed by atoms with Gasteiger partial charge in [0, 0.05) is 5.69 Å². The minimum atomic E-state index is -2.09. The Balaban J connectivity index is 1.72. The summed E-state index contributed by atoms with van der Waals surface area (Å²) in [5.74, 6) is 0.219. The number of carbonyl (C=O) groups excluding carboxylic acids is 2. The summed E-state index contributed by atoms with van der Waals surface area (Å²) in [5, 5.41) is 2.50. The standard InChI is InChI=1S/C19H17Cl3N2O4/c1-12-2-5-14(6-3-12)27-9-8-24-15-10-13(23-18(26)19(20,21)22)4-7-16(15)28-11-17(24)25/h2-7,10H,8-9,11H2,1H3,(H,23,26). The van der Waals surface area contributed by atoms with Crippen LogP contribution < -0.4 is 19.7 Å². The van der Waals surface area contributed by atoms with Crippen molar-refractivity contribution in [1.29, 1.82) is 0 Å². The second-order valence-electron chi connectivity index (χ2n) is 6.13. The highest BCUT2D eigenvalue weighted by atomic mass is 35.6. The Labute approximate surface area is 177 Å². The number of hydrogen-bond acceptors (Lipinski definition) is 4. The van der Waals surface area contributed by atoms with Crippen molar-refractivity contribution in [2.75, 3.05) is 30.0 Å². The van der Waals surface area contributed by atoms with Gasteiger partial charge in [-0.2, -0.15) is 0 Å². The summed E-state index contributed by atoms with van der Waals surface area (Å²) in [6.45, 7) is 2.52. The van der Waals surface area contributed by atoms with Gasteiger partial charge in [-0.15, -0.1) is 0 Å². The van der Waals surface area contributed by atoms with Gasteiger partial charge in [0.1, 0.15) is 18.1 Å². The van der Waals surface area contributed by atoms with Gasteiger partial charge in [0.05, 0.1) is 12.2 Å². The number of halogens is 3. The topological polar surface area (TPSA) is 67.9 Å². The number of anilines is 2. The van der Waals surface area contributed by atoms with Crippen LogP contribution in [-0.2, 0) is 9.59 Å². The number of hydrogen-bond donors (Lipinski definition) is 1. The van der Waals surface area contributed by atoms with E-state index < -0.39 is 9.70 Å². The van der Waals surface area contributed by atoms with Crippen LogP contribution in [0.3, 0.4) is 0 Å². The van der Waals surface area contributed by atoms with E-state index in [9.17, 15) is 9.59 Å². The summed E-state index contributed by atoms with van der Waals surface area (Å²) in [4.78, 5) is 25.7. The van der Waals surface area contributed by atoms with Gasteiger partial charge in [0.15, 0.2) is 6.61 Å². The predicted molar refractivity (Wildman–Crippen MR) is 110 cm³/mol. The fraction of sp³-hybridized carbons (Fsp3) is 0.263. The van der Waals surface area contributed by atoms with Crippen molar-refractivity contribution in [3.8, 4) is 11.5 Å². The predicted octanol–water partition coefficient (Wildman–Crippen LogP) is 4.11. The molecule has 0 saturated heterocycles. The molecule has 1 heterocycles. The number of ether oxygens (including phenoxy) is 2. The summed E-state index contributed by atoms with van der Waals surface area (Å²) in [6, 6.07) is 12.5. The SMILES string of the molecule is Cc1ccc(OCCN2C(=O)COc3ccc(NC(=O)C(Cl)(Cl)Cl)cc32)cc1. The first-order valence-electron chi connectivity index (χ1n) is 8.39. The van der Waals surface area contributed by atoms with Crippen LogP contribution in [0.1, 0.15) is 5.56 Å². The van der Waals surface area contributed by atoms with Crippen LogP contribution in [-0.4, -0.2) is 35.4 Å². The zero-order chi connectivity index (χ0) is 20.3. The molecule has 9 heteroatoms. The van der Waals surface area contributed by atoms with Gasteiger partial charge in [-0.25, -0.2) is 0 Å². The van der Waals surface area contributed by atoms with E-state index in [4.69, 9.17) is 44.3 Å². The maximum absolute atomic E-state index is 12.3. The number of rotatable bonds is 5. The summed E-state index contributed by atoms with van der Waals surface area (Å²) < 4.78 is 9.06. The maximum Gasteiger partial charge on any atom is 0.276 e. The minimum Gasteiger partial charge on any atom is -0.492 e. The molecule has 1 aliphatic heterocycles. The summed E-state index contributed by atoms with van der Waals surface area (Å²) in [7, 11) is 0. The third-order valence-electron chi connectivity index (χ3n) is 4.02. The van der Waals surface area contributed by atoms with E-state index in [2.05, 4.69) is 5.32 Å². The van der Waals surface area contributed by atoms with Crippen molar-refractivity contribution in [2.45, 2.75) is 10.7 Å². The van der Waals surface area contributed by atoms with Gasteiger partial charge in [0.2, 0.25) is 0 Å². The molecule has 0 fully saturated rings. The van der Waals surface area contributed by atoms with E-state index in [1.165, 1.54) is 4.90 Å². The van der Waals surface area contributed by atoms with E-state index in [1.807, 2.05) is 31.2 Å². The molecule has 6 nitrogen and oxygen atoms in total. The third-order valence-corrected chi connectivity index (χ3v) is 4.54. The van der Waals surface area contributed by atoms with E-state index in [-0.39, 0.29) is 12.5 Å². The minimum absolute atomic E-state index is 0.0720. The molecule has 28 heavy (non-hydrogen) atoms. The number of carbonyl (C=O) groups is 2. The molecule has 0 atom stereocenters. The second-order valence-corrected chi connectivity index (χ2v) is 8.41. The molecule has 2 amide bonds. The summed E-state index contributed by atoms with van der Waals surface area (Å²) in [6.07, 6.45) is 0. The molecular weight excluding hydrogens is 427 g/mol. The van der Waals surface area contributed by atoms with E-state index in [0.717, 1.165) is 11.3 Å². The van der Waals surface area contributed by atoms with Crippen molar-refractivity contribution in [2.24, 2.45) is 0 Å². The Morgan fingerprint density at radius 2 is 1.93 bits per heavy atom. The van der Waals surface area contributed by atoms with Crippen molar-refractivity contribution in [3.05, 3.63) is 48.0 Å². The molecular formula is C19H17Cl3N2O4. The van der Waals surface area contributed by atoms with Gasteiger partial charge in [-0.3, -0.25) is 9.59 Å². The maximum atomic E-state index is 12.3. The lowest BCUT2D eigenvalue weighted by atomic mass is 10.2. The molecule has 1 aliphatic rings. The molecule has 2 aromatic rings. The lowest BCUT2D eigenvalue weighted by Gasteiger charge is -2.30. The van der Waals surface area contributed by atoms with Crippen LogP contribution in [0.4, 0.5) is 11.4 Å². The molecule has 2 aromatic carbocycles. The quantitative estimate of drug-likeness (QED) is 0.706. The molecule has 3 rings (SSSR count). The Morgan fingerprint density at radius 1 is 1.21 bits per heavy atom. The van der Waals surface area contributed by atoms with Gasteiger partial charge in [-0.1, -0.05) is 52.5 Å². The zero-order valence-electron chi connectivity index (χ0n) is 14.9. The monoisotopic (exact) mass is 442 g/mol. The fourth-order valence-corrected chi connectivity index (χ4v) is 2.76. The third kappa shape index (κ3) is 5.01. The largest absolute Gasteiger partial charge is 0.492 e. The molecule has 0 saturated carbocycles. The Morgan fingerprint density at radius 3 is 2.61 bits per heavy atom. The van der Waals surface area contributed by atoms with Crippen LogP contribution in [0.25, 0.3) is 0 Å². The lowest BCUT2D eigenvalue weighted by molar-refractivity contribution is -0.121. The average molecular weight is 444 g/mol. The average Bonchev–Trinajstić information content (AvgIpc) is 2.64. The molecule has 0 radical (unpaired) electrons. The summed E-state index contributed by atoms with van der Waals surface area (Å²) in [5.41, 5.74) is 2.01. The highest BCUT2D eigenvalue weighted by Crippen LogP contribution is 2.35. The van der Waals surface area contributed by atoms with Crippen LogP contribution in [0.5, 0.6) is 11.5 Å². The van der Waals surface area contributed by atoms with Crippen molar-refractivity contribution >= 4 is 58.0 Å². The number of alkyl halides is 3. The molecule has 0 bridgehead atoms. The van der Waals surface area contributed by atoms with E-state index in [0.29, 0.717) is 30.3 Å². The molecule has 0 aromatic heterocycles. The number of benzene rings is 2. The Bertz CT molecular complexity index is 882. The number of amides is 2. The first-order chi connectivity index (χ1) is 13.2. The van der Waals surface area contributed by atoms with Crippen LogP contribution in [0, 0.1) is 6.92 Å². The first kappa shape index (κ1) is 20.6. The second kappa shape index (κ2) is 8.47. The van der Waals surface area contributed by atoms with Crippen molar-refractivity contribution < 1.29 is 19.1 Å². The summed E-state index contributed by atoms with van der Waals surface area (Å²) >= 11 is 16.7. The van der Waals surface area contributed by atoms with E-state index >= 15 is 0 Å². The zero-order valence-corrected chi connectivity index (χ0v) is 17.1. The Kier molecular flexibility index (Phi) is 6.23. The highest BCUT2D eigenvalue weighted by Gasteiger charge is 2.31. The fourth-order valence-electron chi connectivity index (χ4n) is 2.62. The van der Waals surface area contributed by atoms with Crippen LogP contribution >= 0.6 is 34.8 Å². The number of fused-ring (bicyclic) bond motifs is 1. The van der Waals surface area contributed by atoms with Crippen LogP contribution in [0.15, 0.2) is 42.5 Å². The van der Waals surface area contributed by atoms with Gasteiger partial charge >= 0.3 is 0 Å². The van der Waals surface area contributed by atoms with Gasteiger partial charge < -0.3 is 19.7 Å². The number of nitrogens with zero attached hydrogens (tertiary/aromatic N) is 1. The number of aryl methyl sites for hydroxylation is 1. The first-order valence-corrected chi connectivity index (χ1v) is 9.52.